The highest BCUT2D eigenvalue weighted by molar-refractivity contribution is 5.97. The zero-order chi connectivity index (χ0) is 14.8. The fraction of sp³-hybridized carbons (Fsp3) is 0.588. The fourth-order valence-electron chi connectivity index (χ4n) is 3.02. The first-order valence-corrected chi connectivity index (χ1v) is 7.79. The van der Waals surface area contributed by atoms with Gasteiger partial charge in [0.1, 0.15) is 11.9 Å². The number of hydrogen-bond acceptors (Lipinski definition) is 3. The molecule has 0 aromatic heterocycles. The van der Waals surface area contributed by atoms with E-state index in [9.17, 15) is 4.79 Å². The Morgan fingerprint density at radius 3 is 2.52 bits per heavy atom. The van der Waals surface area contributed by atoms with Crippen LogP contribution in [-0.4, -0.2) is 31.8 Å². The third-order valence-electron chi connectivity index (χ3n) is 4.50. The van der Waals surface area contributed by atoms with E-state index in [0.29, 0.717) is 12.5 Å². The molecule has 2 fully saturated rings. The van der Waals surface area contributed by atoms with Crippen LogP contribution in [0.1, 0.15) is 32.6 Å². The highest BCUT2D eigenvalue weighted by Gasteiger charge is 2.38. The van der Waals surface area contributed by atoms with Crippen LogP contribution in [0.2, 0.25) is 0 Å². The molecule has 0 N–H and O–H groups in total. The quantitative estimate of drug-likeness (QED) is 0.836. The van der Waals surface area contributed by atoms with Crippen molar-refractivity contribution in [3.8, 4) is 5.75 Å². The SMILES string of the molecule is COc1ccc(N(C(=O)[C@@H]2CCCO2)[C@@H](C)C2CC2)cc1. The van der Waals surface area contributed by atoms with Gasteiger partial charge in [-0.3, -0.25) is 4.79 Å². The normalized spacial score (nSPS) is 22.9. The van der Waals surface area contributed by atoms with Crippen molar-refractivity contribution in [1.29, 1.82) is 0 Å². The van der Waals surface area contributed by atoms with E-state index in [1.54, 1.807) is 7.11 Å². The highest BCUT2D eigenvalue weighted by Crippen LogP contribution is 2.38. The van der Waals surface area contributed by atoms with Gasteiger partial charge in [-0.2, -0.15) is 0 Å². The Labute approximate surface area is 126 Å². The van der Waals surface area contributed by atoms with Crippen molar-refractivity contribution in [3.05, 3.63) is 24.3 Å². The Morgan fingerprint density at radius 2 is 2.00 bits per heavy atom. The molecule has 0 unspecified atom stereocenters. The van der Waals surface area contributed by atoms with E-state index in [2.05, 4.69) is 6.92 Å². The zero-order valence-electron chi connectivity index (χ0n) is 12.7. The molecule has 4 nitrogen and oxygen atoms in total. The molecule has 1 aliphatic carbocycles. The van der Waals surface area contributed by atoms with Gasteiger partial charge in [-0.15, -0.1) is 0 Å². The molecule has 1 saturated carbocycles. The fourth-order valence-corrected chi connectivity index (χ4v) is 3.02. The summed E-state index contributed by atoms with van der Waals surface area (Å²) in [5.74, 6) is 1.54. The van der Waals surface area contributed by atoms with Gasteiger partial charge in [-0.25, -0.2) is 0 Å². The topological polar surface area (TPSA) is 38.8 Å². The number of methoxy groups -OCH3 is 1. The Bertz CT molecular complexity index is 489. The molecule has 1 aromatic carbocycles. The third-order valence-corrected chi connectivity index (χ3v) is 4.50. The largest absolute Gasteiger partial charge is 0.497 e. The molecular weight excluding hydrogens is 266 g/mol. The van der Waals surface area contributed by atoms with E-state index in [1.807, 2.05) is 29.2 Å². The average Bonchev–Trinajstić information content (AvgIpc) is 3.22. The van der Waals surface area contributed by atoms with Gasteiger partial charge in [-0.05, 0) is 62.8 Å². The standard InChI is InChI=1S/C17H23NO3/c1-12(13-5-6-13)18(17(19)16-4-3-11-21-16)14-7-9-15(20-2)10-8-14/h7-10,12-13,16H,3-6,11H2,1-2H3/t12-,16-/m0/s1. The minimum absolute atomic E-state index is 0.108. The van der Waals surface area contributed by atoms with E-state index < -0.39 is 0 Å². The van der Waals surface area contributed by atoms with Crippen molar-refractivity contribution in [1.82, 2.24) is 0 Å². The van der Waals surface area contributed by atoms with Crippen LogP contribution < -0.4 is 9.64 Å². The second-order valence-corrected chi connectivity index (χ2v) is 5.99. The number of rotatable bonds is 5. The van der Waals surface area contributed by atoms with Crippen LogP contribution in [0.4, 0.5) is 5.69 Å². The van der Waals surface area contributed by atoms with Crippen molar-refractivity contribution < 1.29 is 14.3 Å². The number of anilines is 1. The molecule has 21 heavy (non-hydrogen) atoms. The van der Waals surface area contributed by atoms with E-state index >= 15 is 0 Å². The van der Waals surface area contributed by atoms with Crippen LogP contribution in [0.5, 0.6) is 5.75 Å². The summed E-state index contributed by atoms with van der Waals surface area (Å²) >= 11 is 0. The maximum absolute atomic E-state index is 12.8. The maximum Gasteiger partial charge on any atom is 0.256 e. The van der Waals surface area contributed by atoms with Crippen LogP contribution in [-0.2, 0) is 9.53 Å². The summed E-state index contributed by atoms with van der Waals surface area (Å²) in [6.45, 7) is 2.85. The van der Waals surface area contributed by atoms with Crippen LogP contribution >= 0.6 is 0 Å². The van der Waals surface area contributed by atoms with E-state index in [0.717, 1.165) is 24.3 Å². The molecule has 1 aliphatic heterocycles. The summed E-state index contributed by atoms with van der Waals surface area (Å²) in [7, 11) is 1.65. The summed E-state index contributed by atoms with van der Waals surface area (Å²) in [6.07, 6.45) is 3.97. The monoisotopic (exact) mass is 289 g/mol. The lowest BCUT2D eigenvalue weighted by Gasteiger charge is -2.31. The maximum atomic E-state index is 12.8. The number of ether oxygens (including phenoxy) is 2. The van der Waals surface area contributed by atoms with E-state index in [-0.39, 0.29) is 18.1 Å². The predicted octanol–water partition coefficient (Wildman–Crippen LogP) is 3.01. The molecule has 1 heterocycles. The Balaban J connectivity index is 1.84. The van der Waals surface area contributed by atoms with Gasteiger partial charge in [0.2, 0.25) is 0 Å². The summed E-state index contributed by atoms with van der Waals surface area (Å²) in [5, 5.41) is 0. The lowest BCUT2D eigenvalue weighted by molar-refractivity contribution is -0.127. The van der Waals surface area contributed by atoms with Gasteiger partial charge >= 0.3 is 0 Å². The molecule has 2 atom stereocenters. The third kappa shape index (κ3) is 3.05. The molecular formula is C17H23NO3. The van der Waals surface area contributed by atoms with Crippen LogP contribution in [0.25, 0.3) is 0 Å². The molecule has 1 amide bonds. The Hall–Kier alpha value is -1.55. The molecule has 0 bridgehead atoms. The number of carbonyl (C=O) groups is 1. The smallest absolute Gasteiger partial charge is 0.256 e. The molecule has 2 aliphatic rings. The number of amides is 1. The summed E-state index contributed by atoms with van der Waals surface area (Å²) in [6, 6.07) is 7.97. The number of hydrogen-bond donors (Lipinski definition) is 0. The van der Waals surface area contributed by atoms with Gasteiger partial charge < -0.3 is 14.4 Å². The lowest BCUT2D eigenvalue weighted by atomic mass is 10.1. The van der Waals surface area contributed by atoms with E-state index in [1.165, 1.54) is 12.8 Å². The Kier molecular flexibility index (Phi) is 4.15. The van der Waals surface area contributed by atoms with Gasteiger partial charge in [-0.1, -0.05) is 0 Å². The first-order valence-electron chi connectivity index (χ1n) is 7.79. The highest BCUT2D eigenvalue weighted by atomic mass is 16.5. The van der Waals surface area contributed by atoms with Crippen LogP contribution in [0, 0.1) is 5.92 Å². The van der Waals surface area contributed by atoms with Gasteiger partial charge in [0, 0.05) is 18.3 Å². The van der Waals surface area contributed by atoms with Gasteiger partial charge in [0.15, 0.2) is 0 Å². The summed E-state index contributed by atoms with van der Waals surface area (Å²) < 4.78 is 10.8. The van der Waals surface area contributed by atoms with Gasteiger partial charge in [0.05, 0.1) is 7.11 Å². The lowest BCUT2D eigenvalue weighted by Crippen LogP contribution is -2.45. The number of benzene rings is 1. The minimum atomic E-state index is -0.270. The second kappa shape index (κ2) is 6.06. The predicted molar refractivity (Wildman–Crippen MR) is 81.6 cm³/mol. The van der Waals surface area contributed by atoms with E-state index in [4.69, 9.17) is 9.47 Å². The zero-order valence-corrected chi connectivity index (χ0v) is 12.7. The van der Waals surface area contributed by atoms with Crippen molar-refractivity contribution in [2.45, 2.75) is 44.8 Å². The molecule has 0 spiro atoms. The molecule has 1 aromatic rings. The van der Waals surface area contributed by atoms with Crippen LogP contribution in [0.15, 0.2) is 24.3 Å². The molecule has 4 heteroatoms. The number of nitrogens with zero attached hydrogens (tertiary/aromatic N) is 1. The second-order valence-electron chi connectivity index (χ2n) is 5.99. The van der Waals surface area contributed by atoms with Crippen molar-refractivity contribution in [2.75, 3.05) is 18.6 Å². The molecule has 3 rings (SSSR count). The first kappa shape index (κ1) is 14.4. The number of carbonyl (C=O) groups excluding carboxylic acids is 1. The molecule has 114 valence electrons. The average molecular weight is 289 g/mol. The summed E-state index contributed by atoms with van der Waals surface area (Å²) in [4.78, 5) is 14.8. The van der Waals surface area contributed by atoms with Crippen molar-refractivity contribution in [3.63, 3.8) is 0 Å². The molecule has 1 saturated heterocycles. The van der Waals surface area contributed by atoms with Crippen LogP contribution in [0.3, 0.4) is 0 Å². The van der Waals surface area contributed by atoms with Crippen molar-refractivity contribution in [2.24, 2.45) is 5.92 Å². The van der Waals surface area contributed by atoms with Crippen molar-refractivity contribution >= 4 is 11.6 Å². The molecule has 0 radical (unpaired) electrons. The minimum Gasteiger partial charge on any atom is -0.497 e. The van der Waals surface area contributed by atoms with Gasteiger partial charge in [0.25, 0.3) is 5.91 Å². The first-order chi connectivity index (χ1) is 10.2. The Morgan fingerprint density at radius 1 is 1.29 bits per heavy atom. The summed E-state index contributed by atoms with van der Waals surface area (Å²) in [5.41, 5.74) is 0.940.